The van der Waals surface area contributed by atoms with E-state index in [2.05, 4.69) is 83.9 Å². The van der Waals surface area contributed by atoms with Gasteiger partial charge in [-0.1, -0.05) is 84.9 Å². The van der Waals surface area contributed by atoms with Crippen LogP contribution in [0.2, 0.25) is 0 Å². The number of fused-ring (bicyclic) bond motifs is 1. The van der Waals surface area contributed by atoms with Gasteiger partial charge in [0.05, 0.1) is 5.52 Å². The van der Waals surface area contributed by atoms with E-state index in [9.17, 15) is 4.79 Å². The van der Waals surface area contributed by atoms with Gasteiger partial charge in [-0.05, 0) is 39.9 Å². The molecule has 0 amide bonds. The molecule has 0 unspecified atom stereocenters. The van der Waals surface area contributed by atoms with Crippen molar-refractivity contribution in [1.29, 1.82) is 0 Å². The number of hydrogen-bond donors (Lipinski definition) is 1. The minimum atomic E-state index is -0.995. The van der Waals surface area contributed by atoms with Crippen LogP contribution in [0.25, 0.3) is 56.2 Å². The van der Waals surface area contributed by atoms with E-state index in [1.165, 1.54) is 27.6 Å². The van der Waals surface area contributed by atoms with Gasteiger partial charge in [0.25, 0.3) is 0 Å². The number of nitrogens with zero attached hydrogens (tertiary/aromatic N) is 2. The van der Waals surface area contributed by atoms with Gasteiger partial charge in [0, 0.05) is 37.1 Å². The van der Waals surface area contributed by atoms with E-state index < -0.39 is 5.97 Å². The summed E-state index contributed by atoms with van der Waals surface area (Å²) in [6.45, 7) is 0. The second-order valence-electron chi connectivity index (χ2n) is 8.75. The molecular formula is C33H21IrN2O2-. The van der Waals surface area contributed by atoms with Gasteiger partial charge in [0.2, 0.25) is 0 Å². The summed E-state index contributed by atoms with van der Waals surface area (Å²) >= 11 is 0. The fourth-order valence-electron chi connectivity index (χ4n) is 4.56. The molecule has 2 aromatic heterocycles. The van der Waals surface area contributed by atoms with Crippen LogP contribution in [0.4, 0.5) is 0 Å². The molecule has 0 fully saturated rings. The van der Waals surface area contributed by atoms with Gasteiger partial charge >= 0.3 is 5.97 Å². The topological polar surface area (TPSA) is 63.1 Å². The van der Waals surface area contributed by atoms with Crippen molar-refractivity contribution in [2.24, 2.45) is 0 Å². The predicted octanol–water partition coefficient (Wildman–Crippen LogP) is 7.78. The number of aromatic carboxylic acids is 1. The Morgan fingerprint density at radius 2 is 1.50 bits per heavy atom. The molecule has 1 N–H and O–H groups in total. The normalized spacial score (nSPS) is 11.1. The van der Waals surface area contributed by atoms with Gasteiger partial charge in [-0.3, -0.25) is 4.98 Å². The molecule has 6 aromatic rings. The number of pyridine rings is 2. The van der Waals surface area contributed by atoms with Crippen molar-refractivity contribution in [2.45, 2.75) is 0 Å². The molecule has 0 bridgehead atoms. The molecule has 0 aliphatic heterocycles. The van der Waals surface area contributed by atoms with Gasteiger partial charge in [-0.2, -0.15) is 0 Å². The number of benzene rings is 4. The summed E-state index contributed by atoms with van der Waals surface area (Å²) in [4.78, 5) is 19.3. The van der Waals surface area contributed by atoms with Crippen LogP contribution in [0.5, 0.6) is 0 Å². The summed E-state index contributed by atoms with van der Waals surface area (Å²) in [5.41, 5.74) is 8.02. The standard InChI is InChI=1S/C23H14N.C10H7NO2.Ir/c1-2-6-16(7-3-1)18-9-4-10-19(14-18)22-15-20-13-12-17-8-5-11-21(24-22)23(17)20;12-10(13)9-5-7-3-1-2-4-8(7)6-11-9;/h1-9,11-15H;1-6H,(H,12,13);/q-1;;. The third kappa shape index (κ3) is 5.03. The predicted molar refractivity (Wildman–Crippen MR) is 149 cm³/mol. The Hall–Kier alpha value is -4.44. The van der Waals surface area contributed by atoms with Gasteiger partial charge in [0.1, 0.15) is 5.69 Å². The van der Waals surface area contributed by atoms with Gasteiger partial charge in [-0.15, -0.1) is 35.4 Å². The Morgan fingerprint density at radius 1 is 0.737 bits per heavy atom. The second kappa shape index (κ2) is 10.9. The molecule has 2 heterocycles. The molecule has 1 aliphatic carbocycles. The minimum Gasteiger partial charge on any atom is -0.477 e. The van der Waals surface area contributed by atoms with E-state index in [4.69, 9.17) is 10.1 Å². The van der Waals surface area contributed by atoms with Gasteiger partial charge in [0.15, 0.2) is 0 Å². The molecule has 0 atom stereocenters. The van der Waals surface area contributed by atoms with Gasteiger partial charge < -0.3 is 5.11 Å². The summed E-state index contributed by atoms with van der Waals surface area (Å²) in [6.07, 6.45) is 5.90. The van der Waals surface area contributed by atoms with E-state index in [-0.39, 0.29) is 25.8 Å². The molecule has 0 spiro atoms. The third-order valence-corrected chi connectivity index (χ3v) is 6.37. The summed E-state index contributed by atoms with van der Waals surface area (Å²) in [5.74, 6) is -0.995. The number of rotatable bonds is 3. The van der Waals surface area contributed by atoms with Crippen molar-refractivity contribution in [1.82, 2.24) is 9.97 Å². The number of carboxylic acids is 1. The van der Waals surface area contributed by atoms with Crippen LogP contribution >= 0.6 is 0 Å². The quantitative estimate of drug-likeness (QED) is 0.195. The first kappa shape index (κ1) is 25.2. The average molecular weight is 670 g/mol. The van der Waals surface area contributed by atoms with Crippen molar-refractivity contribution < 1.29 is 30.0 Å². The Labute approximate surface area is 233 Å². The maximum Gasteiger partial charge on any atom is 0.354 e. The molecule has 5 heteroatoms. The zero-order chi connectivity index (χ0) is 25.2. The van der Waals surface area contributed by atoms with E-state index >= 15 is 0 Å². The maximum atomic E-state index is 10.6. The van der Waals surface area contributed by atoms with Crippen LogP contribution in [0.15, 0.2) is 109 Å². The van der Waals surface area contributed by atoms with Crippen molar-refractivity contribution >= 4 is 39.8 Å². The monoisotopic (exact) mass is 670 g/mol. The van der Waals surface area contributed by atoms with Crippen molar-refractivity contribution in [3.63, 3.8) is 0 Å². The fourth-order valence-corrected chi connectivity index (χ4v) is 4.56. The van der Waals surface area contributed by atoms with E-state index in [1.807, 2.05) is 36.4 Å². The van der Waals surface area contributed by atoms with E-state index in [0.717, 1.165) is 27.5 Å². The van der Waals surface area contributed by atoms with Crippen molar-refractivity contribution in [3.05, 3.63) is 132 Å². The molecule has 1 aliphatic rings. The third-order valence-electron chi connectivity index (χ3n) is 6.37. The van der Waals surface area contributed by atoms with E-state index in [0.29, 0.717) is 0 Å². The maximum absolute atomic E-state index is 10.6. The average Bonchev–Trinajstić information content (AvgIpc) is 3.38. The van der Waals surface area contributed by atoms with Gasteiger partial charge in [-0.25, -0.2) is 9.78 Å². The molecule has 4 aromatic carbocycles. The molecule has 0 saturated carbocycles. The van der Waals surface area contributed by atoms with Crippen LogP contribution in [0.1, 0.15) is 21.6 Å². The number of carboxylic acid groups (broad SMARTS) is 1. The summed E-state index contributed by atoms with van der Waals surface area (Å²) in [6, 6.07) is 37.5. The van der Waals surface area contributed by atoms with Crippen molar-refractivity contribution in [3.8, 4) is 22.4 Å². The largest absolute Gasteiger partial charge is 0.477 e. The zero-order valence-electron chi connectivity index (χ0n) is 20.1. The smallest absolute Gasteiger partial charge is 0.354 e. The molecule has 38 heavy (non-hydrogen) atoms. The number of hydrogen-bond acceptors (Lipinski definition) is 3. The first-order valence-corrected chi connectivity index (χ1v) is 11.9. The van der Waals surface area contributed by atoms with Crippen molar-refractivity contribution in [2.75, 3.05) is 0 Å². The minimum absolute atomic E-state index is 0. The summed E-state index contributed by atoms with van der Waals surface area (Å²) < 4.78 is 0. The number of carbonyl (C=O) groups is 1. The zero-order valence-corrected chi connectivity index (χ0v) is 22.5. The SMILES string of the molecule is O=C(O)c1cc2ccccc2cn1.[Ir].[c-]1ccc(-c2ccccc2)cc1-c1cc2c3c(cccc3n1)C=C2. The van der Waals surface area contributed by atoms with E-state index in [1.54, 1.807) is 12.3 Å². The second-order valence-corrected chi connectivity index (χ2v) is 8.75. The molecular weight excluding hydrogens is 649 g/mol. The van der Waals surface area contributed by atoms with Crippen LogP contribution in [-0.4, -0.2) is 21.0 Å². The molecule has 4 nitrogen and oxygen atoms in total. The summed E-state index contributed by atoms with van der Waals surface area (Å²) in [5, 5.41) is 11.8. The van der Waals surface area contributed by atoms with Crippen LogP contribution in [-0.2, 0) is 20.1 Å². The molecule has 185 valence electrons. The van der Waals surface area contributed by atoms with Crippen LogP contribution in [0.3, 0.4) is 0 Å². The number of aromatic nitrogens is 2. The Bertz CT molecular complexity index is 1810. The Morgan fingerprint density at radius 3 is 2.32 bits per heavy atom. The Balaban J connectivity index is 0.000000179. The van der Waals surface area contributed by atoms with Crippen LogP contribution in [0, 0.1) is 6.07 Å². The summed E-state index contributed by atoms with van der Waals surface area (Å²) in [7, 11) is 0. The first-order valence-electron chi connectivity index (χ1n) is 11.9. The fraction of sp³-hybridized carbons (Fsp3) is 0. The van der Waals surface area contributed by atoms with Crippen LogP contribution < -0.4 is 0 Å². The molecule has 1 radical (unpaired) electrons. The molecule has 0 saturated heterocycles. The first-order chi connectivity index (χ1) is 18.2. The molecule has 7 rings (SSSR count). The Kier molecular flexibility index (Phi) is 7.23.